The molecule has 0 aliphatic carbocycles. The number of ether oxygens (including phenoxy) is 1. The van der Waals surface area contributed by atoms with Gasteiger partial charge < -0.3 is 15.0 Å². The molecule has 2 heterocycles. The average Bonchev–Trinajstić information content (AvgIpc) is 3.39. The Labute approximate surface area is 247 Å². The predicted octanol–water partition coefficient (Wildman–Crippen LogP) is 7.58. The summed E-state index contributed by atoms with van der Waals surface area (Å²) < 4.78 is 7.27. The number of amides is 3. The summed E-state index contributed by atoms with van der Waals surface area (Å²) in [6.45, 7) is 9.68. The number of piperidine rings is 1. The van der Waals surface area contributed by atoms with Crippen LogP contribution in [0.2, 0.25) is 0 Å². The smallest absolute Gasteiger partial charge is 0.410 e. The molecule has 1 fully saturated rings. The lowest BCUT2D eigenvalue weighted by atomic mass is 9.90. The van der Waals surface area contributed by atoms with Gasteiger partial charge in [0.2, 0.25) is 0 Å². The lowest BCUT2D eigenvalue weighted by molar-refractivity contribution is 0.131. The Bertz CT molecular complexity index is 1520. The number of rotatable bonds is 6. The number of carbonyl (C=O) groups excluding carboxylic acids is 2. The van der Waals surface area contributed by atoms with Gasteiger partial charge in [-0.15, -0.1) is 0 Å². The molecule has 1 saturated heterocycles. The number of nitrogens with one attached hydrogen (secondary N) is 2. The fourth-order valence-electron chi connectivity index (χ4n) is 5.08. The van der Waals surface area contributed by atoms with E-state index in [0.717, 1.165) is 47.5 Å². The zero-order valence-electron chi connectivity index (χ0n) is 24.8. The van der Waals surface area contributed by atoms with Crippen molar-refractivity contribution in [3.8, 4) is 11.4 Å². The number of hydrogen-bond donors (Lipinski definition) is 2. The summed E-state index contributed by atoms with van der Waals surface area (Å²) in [4.78, 5) is 27.4. The van der Waals surface area contributed by atoms with E-state index in [1.54, 1.807) is 21.7 Å². The summed E-state index contributed by atoms with van der Waals surface area (Å²) in [5.41, 5.74) is 4.64. The quantitative estimate of drug-likeness (QED) is 0.252. The average molecular weight is 566 g/mol. The highest BCUT2D eigenvalue weighted by Gasteiger charge is 2.25. The SMILES string of the molecule is Cc1ccc(-n2nc(C(C)(C)C)cc2NC(=O)Nc2cccc(CC3CCN(C(=O)Oc4ccccc4)CC3)c2)cc1. The number of urea groups is 1. The van der Waals surface area contributed by atoms with Gasteiger partial charge in [0, 0.05) is 30.3 Å². The minimum absolute atomic E-state index is 0.171. The molecule has 4 aromatic rings. The number of carbonyl (C=O) groups is 2. The first kappa shape index (κ1) is 28.9. The van der Waals surface area contributed by atoms with Gasteiger partial charge in [0.15, 0.2) is 0 Å². The Kier molecular flexibility index (Phi) is 8.61. The first-order valence-corrected chi connectivity index (χ1v) is 14.5. The lowest BCUT2D eigenvalue weighted by Gasteiger charge is -2.31. The normalized spacial score (nSPS) is 14.0. The van der Waals surface area contributed by atoms with E-state index >= 15 is 0 Å². The van der Waals surface area contributed by atoms with E-state index in [1.807, 2.05) is 73.7 Å². The highest BCUT2D eigenvalue weighted by atomic mass is 16.6. The Morgan fingerprint density at radius 1 is 0.905 bits per heavy atom. The predicted molar refractivity (Wildman–Crippen MR) is 167 cm³/mol. The lowest BCUT2D eigenvalue weighted by Crippen LogP contribution is -2.40. The summed E-state index contributed by atoms with van der Waals surface area (Å²) in [7, 11) is 0. The molecule has 1 aliphatic heterocycles. The Morgan fingerprint density at radius 3 is 2.31 bits per heavy atom. The van der Waals surface area contributed by atoms with Crippen LogP contribution in [0.1, 0.15) is 50.4 Å². The van der Waals surface area contributed by atoms with Gasteiger partial charge >= 0.3 is 12.1 Å². The van der Waals surface area contributed by atoms with Crippen molar-refractivity contribution < 1.29 is 14.3 Å². The van der Waals surface area contributed by atoms with Crippen LogP contribution in [-0.2, 0) is 11.8 Å². The molecule has 2 N–H and O–H groups in total. The summed E-state index contributed by atoms with van der Waals surface area (Å²) in [5.74, 6) is 1.62. The molecular weight excluding hydrogens is 526 g/mol. The van der Waals surface area contributed by atoms with Crippen molar-refractivity contribution in [3.05, 3.63) is 102 Å². The van der Waals surface area contributed by atoms with Crippen LogP contribution in [0.4, 0.5) is 21.1 Å². The van der Waals surface area contributed by atoms with Gasteiger partial charge in [-0.05, 0) is 74.1 Å². The number of benzene rings is 3. The fourth-order valence-corrected chi connectivity index (χ4v) is 5.08. The molecule has 0 spiro atoms. The van der Waals surface area contributed by atoms with E-state index in [4.69, 9.17) is 9.84 Å². The number of aryl methyl sites for hydroxylation is 1. The van der Waals surface area contributed by atoms with Gasteiger partial charge in [0.05, 0.1) is 11.4 Å². The molecule has 0 atom stereocenters. The maximum Gasteiger partial charge on any atom is 0.415 e. The molecular formula is C34H39N5O3. The van der Waals surface area contributed by atoms with Crippen LogP contribution in [0.25, 0.3) is 5.69 Å². The van der Waals surface area contributed by atoms with E-state index in [0.29, 0.717) is 30.6 Å². The van der Waals surface area contributed by atoms with Crippen LogP contribution < -0.4 is 15.4 Å². The van der Waals surface area contributed by atoms with E-state index in [-0.39, 0.29) is 17.5 Å². The Balaban J connectivity index is 1.18. The zero-order valence-corrected chi connectivity index (χ0v) is 24.8. The third-order valence-corrected chi connectivity index (χ3v) is 7.53. The summed E-state index contributed by atoms with van der Waals surface area (Å²) in [6.07, 6.45) is 2.39. The van der Waals surface area contributed by atoms with Gasteiger partial charge in [0.25, 0.3) is 0 Å². The molecule has 3 amide bonds. The number of anilines is 2. The summed E-state index contributed by atoms with van der Waals surface area (Å²) >= 11 is 0. The Morgan fingerprint density at radius 2 is 1.62 bits per heavy atom. The van der Waals surface area contributed by atoms with E-state index in [9.17, 15) is 9.59 Å². The van der Waals surface area contributed by atoms with Crippen molar-refractivity contribution in [2.45, 2.75) is 52.4 Å². The van der Waals surface area contributed by atoms with Crippen LogP contribution in [0.15, 0.2) is 84.9 Å². The van der Waals surface area contributed by atoms with E-state index in [2.05, 4.69) is 37.5 Å². The van der Waals surface area contributed by atoms with Crippen molar-refractivity contribution in [1.82, 2.24) is 14.7 Å². The monoisotopic (exact) mass is 565 g/mol. The summed E-state index contributed by atoms with van der Waals surface area (Å²) in [6, 6.07) is 26.8. The standard InChI is InChI=1S/C34H39N5O3/c1-24-13-15-28(16-14-24)39-31(23-30(37-39)34(2,3)4)36-32(40)35-27-10-8-9-26(22-27)21-25-17-19-38(20-18-25)33(41)42-29-11-6-5-7-12-29/h5-16,22-23,25H,17-21H2,1-4H3,(H2,35,36,40). The third-order valence-electron chi connectivity index (χ3n) is 7.53. The molecule has 0 unspecified atom stereocenters. The highest BCUT2D eigenvalue weighted by molar-refractivity contribution is 5.99. The number of hydrogen-bond acceptors (Lipinski definition) is 4. The molecule has 8 nitrogen and oxygen atoms in total. The second-order valence-electron chi connectivity index (χ2n) is 12.0. The molecule has 1 aliphatic rings. The largest absolute Gasteiger partial charge is 0.415 e. The first-order chi connectivity index (χ1) is 20.1. The molecule has 218 valence electrons. The number of likely N-dealkylation sites (tertiary alicyclic amines) is 1. The molecule has 5 rings (SSSR count). The topological polar surface area (TPSA) is 88.5 Å². The highest BCUT2D eigenvalue weighted by Crippen LogP contribution is 2.27. The fraction of sp³-hybridized carbons (Fsp3) is 0.324. The molecule has 1 aromatic heterocycles. The minimum atomic E-state index is -0.328. The molecule has 0 saturated carbocycles. The molecule has 0 bridgehead atoms. The minimum Gasteiger partial charge on any atom is -0.410 e. The van der Waals surface area contributed by atoms with Crippen molar-refractivity contribution in [1.29, 1.82) is 0 Å². The van der Waals surface area contributed by atoms with Crippen molar-refractivity contribution >= 4 is 23.6 Å². The van der Waals surface area contributed by atoms with Gasteiger partial charge in [-0.25, -0.2) is 14.3 Å². The van der Waals surface area contributed by atoms with Crippen molar-refractivity contribution in [3.63, 3.8) is 0 Å². The second-order valence-corrected chi connectivity index (χ2v) is 12.0. The van der Waals surface area contributed by atoms with Gasteiger partial charge in [-0.2, -0.15) is 5.10 Å². The van der Waals surface area contributed by atoms with E-state index < -0.39 is 0 Å². The summed E-state index contributed by atoms with van der Waals surface area (Å²) in [5, 5.41) is 10.8. The molecule has 3 aromatic carbocycles. The van der Waals surface area contributed by atoms with Crippen LogP contribution in [-0.4, -0.2) is 39.9 Å². The first-order valence-electron chi connectivity index (χ1n) is 14.5. The number of nitrogens with zero attached hydrogens (tertiary/aromatic N) is 3. The maximum absolute atomic E-state index is 13.1. The molecule has 0 radical (unpaired) electrons. The van der Waals surface area contributed by atoms with Crippen molar-refractivity contribution in [2.75, 3.05) is 23.7 Å². The number of aromatic nitrogens is 2. The van der Waals surface area contributed by atoms with E-state index in [1.165, 1.54) is 0 Å². The van der Waals surface area contributed by atoms with Crippen LogP contribution in [0, 0.1) is 12.8 Å². The second kappa shape index (κ2) is 12.5. The van der Waals surface area contributed by atoms with Gasteiger partial charge in [-0.1, -0.05) is 68.8 Å². The zero-order chi connectivity index (χ0) is 29.7. The number of para-hydroxylation sites is 1. The van der Waals surface area contributed by atoms with Crippen molar-refractivity contribution in [2.24, 2.45) is 5.92 Å². The molecule has 42 heavy (non-hydrogen) atoms. The van der Waals surface area contributed by atoms with Crippen LogP contribution in [0.3, 0.4) is 0 Å². The third kappa shape index (κ3) is 7.37. The van der Waals surface area contributed by atoms with Crippen LogP contribution in [0.5, 0.6) is 5.75 Å². The maximum atomic E-state index is 13.1. The van der Waals surface area contributed by atoms with Gasteiger partial charge in [-0.3, -0.25) is 5.32 Å². The molecule has 8 heteroatoms. The van der Waals surface area contributed by atoms with Gasteiger partial charge in [0.1, 0.15) is 11.6 Å². The Hall–Kier alpha value is -4.59. The van der Waals surface area contributed by atoms with Crippen LogP contribution >= 0.6 is 0 Å².